The van der Waals surface area contributed by atoms with Crippen molar-refractivity contribution in [3.63, 3.8) is 0 Å². The molecule has 2 heteroatoms. The van der Waals surface area contributed by atoms with Crippen molar-refractivity contribution >= 4 is 5.78 Å². The summed E-state index contributed by atoms with van der Waals surface area (Å²) in [5.41, 5.74) is 3.47. The standard InChI is InChI=1S/C13H18O2/c1-10-6-11(2)8-12(7-10)9-13(15)4-3-5-14/h6-8,14H,3-5,9H2,1-2H3. The molecule has 0 bridgehead atoms. The molecule has 0 amide bonds. The van der Waals surface area contributed by atoms with Crippen LogP contribution in [0.4, 0.5) is 0 Å². The van der Waals surface area contributed by atoms with Crippen LogP contribution in [0, 0.1) is 13.8 Å². The Kier molecular flexibility index (Phi) is 4.50. The molecule has 0 aliphatic rings. The van der Waals surface area contributed by atoms with Gasteiger partial charge in [0.15, 0.2) is 0 Å². The molecule has 0 saturated carbocycles. The maximum Gasteiger partial charge on any atom is 0.137 e. The maximum atomic E-state index is 11.5. The van der Waals surface area contributed by atoms with Crippen molar-refractivity contribution in [2.24, 2.45) is 0 Å². The number of ketones is 1. The summed E-state index contributed by atoms with van der Waals surface area (Å²) in [6, 6.07) is 6.19. The fraction of sp³-hybridized carbons (Fsp3) is 0.462. The van der Waals surface area contributed by atoms with Gasteiger partial charge in [-0.15, -0.1) is 0 Å². The lowest BCUT2D eigenvalue weighted by molar-refractivity contribution is -0.118. The summed E-state index contributed by atoms with van der Waals surface area (Å²) >= 11 is 0. The molecule has 0 aliphatic heterocycles. The SMILES string of the molecule is Cc1cc(C)cc(CC(=O)CCCO)c1. The highest BCUT2D eigenvalue weighted by Crippen LogP contribution is 2.10. The lowest BCUT2D eigenvalue weighted by atomic mass is 10.0. The van der Waals surface area contributed by atoms with Gasteiger partial charge in [-0.2, -0.15) is 0 Å². The molecule has 0 radical (unpaired) electrons. The molecular weight excluding hydrogens is 188 g/mol. The third kappa shape index (κ3) is 4.26. The zero-order valence-corrected chi connectivity index (χ0v) is 9.42. The molecule has 0 spiro atoms. The van der Waals surface area contributed by atoms with E-state index < -0.39 is 0 Å². The van der Waals surface area contributed by atoms with Crippen molar-refractivity contribution < 1.29 is 9.90 Å². The molecule has 2 nitrogen and oxygen atoms in total. The van der Waals surface area contributed by atoms with Gasteiger partial charge in [0, 0.05) is 19.4 Å². The Morgan fingerprint density at radius 1 is 1.20 bits per heavy atom. The summed E-state index contributed by atoms with van der Waals surface area (Å²) in [6.45, 7) is 4.17. The van der Waals surface area contributed by atoms with E-state index in [0.717, 1.165) is 5.56 Å². The van der Waals surface area contributed by atoms with Gasteiger partial charge in [-0.25, -0.2) is 0 Å². The summed E-state index contributed by atoms with van der Waals surface area (Å²) in [6.07, 6.45) is 1.54. The molecule has 0 atom stereocenters. The third-order valence-corrected chi connectivity index (χ3v) is 2.30. The van der Waals surface area contributed by atoms with Crippen molar-refractivity contribution in [3.8, 4) is 0 Å². The number of aliphatic hydroxyl groups excluding tert-OH is 1. The number of hydrogen-bond acceptors (Lipinski definition) is 2. The fourth-order valence-corrected chi connectivity index (χ4v) is 1.76. The van der Waals surface area contributed by atoms with E-state index in [1.165, 1.54) is 11.1 Å². The van der Waals surface area contributed by atoms with E-state index in [4.69, 9.17) is 5.11 Å². The second-order valence-corrected chi connectivity index (χ2v) is 4.04. The van der Waals surface area contributed by atoms with Crippen molar-refractivity contribution in [1.82, 2.24) is 0 Å². The van der Waals surface area contributed by atoms with Crippen LogP contribution in [0.15, 0.2) is 18.2 Å². The summed E-state index contributed by atoms with van der Waals surface area (Å²) in [4.78, 5) is 11.5. The summed E-state index contributed by atoms with van der Waals surface area (Å²) in [7, 11) is 0. The number of rotatable bonds is 5. The summed E-state index contributed by atoms with van der Waals surface area (Å²) in [5.74, 6) is 0.203. The number of benzene rings is 1. The molecule has 0 unspecified atom stereocenters. The topological polar surface area (TPSA) is 37.3 Å². The minimum Gasteiger partial charge on any atom is -0.396 e. The first kappa shape index (κ1) is 11.9. The third-order valence-electron chi connectivity index (χ3n) is 2.30. The zero-order valence-electron chi connectivity index (χ0n) is 9.42. The molecule has 0 aliphatic carbocycles. The lowest BCUT2D eigenvalue weighted by Crippen LogP contribution is -2.04. The molecule has 1 rings (SSSR count). The number of Topliss-reactive ketones (excluding diaryl/α,β-unsaturated/α-hetero) is 1. The number of carbonyl (C=O) groups excluding carboxylic acids is 1. The number of aliphatic hydroxyl groups is 1. The molecule has 1 N–H and O–H groups in total. The molecule has 0 aromatic heterocycles. The largest absolute Gasteiger partial charge is 0.396 e. The molecule has 0 saturated heterocycles. The van der Waals surface area contributed by atoms with Crippen molar-refractivity contribution in [2.45, 2.75) is 33.1 Å². The van der Waals surface area contributed by atoms with Gasteiger partial charge in [0.05, 0.1) is 0 Å². The molecule has 1 aromatic carbocycles. The predicted octanol–water partition coefficient (Wildman–Crippen LogP) is 2.19. The van der Waals surface area contributed by atoms with E-state index in [2.05, 4.69) is 6.07 Å². The number of carbonyl (C=O) groups is 1. The van der Waals surface area contributed by atoms with Gasteiger partial charge in [-0.1, -0.05) is 29.3 Å². The van der Waals surface area contributed by atoms with Gasteiger partial charge < -0.3 is 5.11 Å². The van der Waals surface area contributed by atoms with Crippen molar-refractivity contribution in [2.75, 3.05) is 6.61 Å². The van der Waals surface area contributed by atoms with Crippen LogP contribution in [-0.2, 0) is 11.2 Å². The first-order valence-electron chi connectivity index (χ1n) is 5.31. The zero-order chi connectivity index (χ0) is 11.3. The summed E-state index contributed by atoms with van der Waals surface area (Å²) < 4.78 is 0. The second kappa shape index (κ2) is 5.66. The number of aryl methyl sites for hydroxylation is 2. The van der Waals surface area contributed by atoms with E-state index in [-0.39, 0.29) is 12.4 Å². The van der Waals surface area contributed by atoms with Crippen LogP contribution in [0.2, 0.25) is 0 Å². The first-order chi connectivity index (χ1) is 7.11. The number of hydrogen-bond donors (Lipinski definition) is 1. The predicted molar refractivity (Wildman–Crippen MR) is 60.9 cm³/mol. The monoisotopic (exact) mass is 206 g/mol. The van der Waals surface area contributed by atoms with Crippen LogP contribution in [0.3, 0.4) is 0 Å². The second-order valence-electron chi connectivity index (χ2n) is 4.04. The van der Waals surface area contributed by atoms with Gasteiger partial charge in [0.25, 0.3) is 0 Å². The van der Waals surface area contributed by atoms with E-state index in [9.17, 15) is 4.79 Å². The Morgan fingerprint density at radius 2 is 1.80 bits per heavy atom. The van der Waals surface area contributed by atoms with Gasteiger partial charge in [0.2, 0.25) is 0 Å². The Morgan fingerprint density at radius 3 is 2.33 bits per heavy atom. The molecule has 0 heterocycles. The van der Waals surface area contributed by atoms with E-state index in [1.807, 2.05) is 26.0 Å². The molecule has 15 heavy (non-hydrogen) atoms. The maximum absolute atomic E-state index is 11.5. The normalized spacial score (nSPS) is 10.3. The highest BCUT2D eigenvalue weighted by molar-refractivity contribution is 5.80. The van der Waals surface area contributed by atoms with Gasteiger partial charge in [-0.3, -0.25) is 4.79 Å². The lowest BCUT2D eigenvalue weighted by Gasteiger charge is -2.04. The Bertz CT molecular complexity index is 322. The van der Waals surface area contributed by atoms with Crippen LogP contribution in [0.1, 0.15) is 29.5 Å². The van der Waals surface area contributed by atoms with Gasteiger partial charge in [-0.05, 0) is 25.8 Å². The Hall–Kier alpha value is -1.15. The minimum atomic E-state index is 0.0958. The van der Waals surface area contributed by atoms with Crippen LogP contribution in [0.5, 0.6) is 0 Å². The van der Waals surface area contributed by atoms with Crippen LogP contribution in [-0.4, -0.2) is 17.5 Å². The Balaban J connectivity index is 2.60. The molecule has 82 valence electrons. The highest BCUT2D eigenvalue weighted by Gasteiger charge is 2.04. The van der Waals surface area contributed by atoms with Crippen molar-refractivity contribution in [1.29, 1.82) is 0 Å². The molecule has 0 fully saturated rings. The van der Waals surface area contributed by atoms with E-state index in [1.54, 1.807) is 0 Å². The van der Waals surface area contributed by atoms with Gasteiger partial charge >= 0.3 is 0 Å². The van der Waals surface area contributed by atoms with E-state index >= 15 is 0 Å². The van der Waals surface area contributed by atoms with Gasteiger partial charge in [0.1, 0.15) is 5.78 Å². The first-order valence-corrected chi connectivity index (χ1v) is 5.31. The average molecular weight is 206 g/mol. The quantitative estimate of drug-likeness (QED) is 0.801. The Labute approximate surface area is 90.9 Å². The average Bonchev–Trinajstić information content (AvgIpc) is 2.13. The highest BCUT2D eigenvalue weighted by atomic mass is 16.3. The van der Waals surface area contributed by atoms with Crippen LogP contribution in [0.25, 0.3) is 0 Å². The smallest absolute Gasteiger partial charge is 0.137 e. The fourth-order valence-electron chi connectivity index (χ4n) is 1.76. The van der Waals surface area contributed by atoms with Crippen LogP contribution >= 0.6 is 0 Å². The molecule has 1 aromatic rings. The summed E-state index contributed by atoms with van der Waals surface area (Å²) in [5, 5.41) is 8.62. The van der Waals surface area contributed by atoms with E-state index in [0.29, 0.717) is 19.3 Å². The van der Waals surface area contributed by atoms with Crippen LogP contribution < -0.4 is 0 Å². The molecular formula is C13H18O2. The van der Waals surface area contributed by atoms with Crippen molar-refractivity contribution in [3.05, 3.63) is 34.9 Å². The minimum absolute atomic E-state index is 0.0958.